The van der Waals surface area contributed by atoms with Crippen molar-refractivity contribution in [1.29, 1.82) is 0 Å². The number of carbonyl (C=O) groups is 1. The Kier molecular flexibility index (Phi) is 7.03. The summed E-state index contributed by atoms with van der Waals surface area (Å²) in [6, 6.07) is 10.9. The summed E-state index contributed by atoms with van der Waals surface area (Å²) in [7, 11) is 0. The van der Waals surface area contributed by atoms with Crippen molar-refractivity contribution < 1.29 is 32.4 Å². The molecule has 12 heteroatoms. The van der Waals surface area contributed by atoms with Crippen molar-refractivity contribution >= 4 is 23.4 Å². The van der Waals surface area contributed by atoms with E-state index in [2.05, 4.69) is 9.72 Å². The first-order valence-electron chi connectivity index (χ1n) is 9.15. The lowest BCUT2D eigenvalue weighted by molar-refractivity contribution is -0.384. The number of nitrogens with zero attached hydrogens (tertiary/aromatic N) is 3. The SMILES string of the molecule is CCOC(=O)CSc1ncc(-c2cccc([N+](=O)[O-])c2)n1-c1ccc(OC(F)(F)F)cc1. The quantitative estimate of drug-likeness (QED) is 0.199. The van der Waals surface area contributed by atoms with Gasteiger partial charge in [0.2, 0.25) is 0 Å². The van der Waals surface area contributed by atoms with Gasteiger partial charge in [0.1, 0.15) is 5.75 Å². The molecule has 1 heterocycles. The second-order valence-corrected chi connectivity index (χ2v) is 7.15. The third-order valence-electron chi connectivity index (χ3n) is 4.04. The van der Waals surface area contributed by atoms with Gasteiger partial charge in [0.15, 0.2) is 5.16 Å². The van der Waals surface area contributed by atoms with E-state index in [-0.39, 0.29) is 18.0 Å². The van der Waals surface area contributed by atoms with Gasteiger partial charge in [0.05, 0.1) is 29.2 Å². The second kappa shape index (κ2) is 9.73. The smallest absolute Gasteiger partial charge is 0.465 e. The van der Waals surface area contributed by atoms with Crippen LogP contribution >= 0.6 is 11.8 Å². The number of imidazole rings is 1. The number of nitro benzene ring substituents is 1. The van der Waals surface area contributed by atoms with Crippen molar-refractivity contribution in [2.45, 2.75) is 18.4 Å². The molecule has 0 N–H and O–H groups in total. The van der Waals surface area contributed by atoms with Gasteiger partial charge in [-0.05, 0) is 31.2 Å². The maximum Gasteiger partial charge on any atom is 0.573 e. The molecule has 3 rings (SSSR count). The van der Waals surface area contributed by atoms with Crippen LogP contribution in [0.1, 0.15) is 6.92 Å². The van der Waals surface area contributed by atoms with E-state index in [4.69, 9.17) is 4.74 Å². The predicted molar refractivity (Wildman–Crippen MR) is 110 cm³/mol. The first kappa shape index (κ1) is 23.1. The molecule has 168 valence electrons. The number of rotatable bonds is 8. The normalized spacial score (nSPS) is 11.2. The van der Waals surface area contributed by atoms with Crippen LogP contribution in [0.25, 0.3) is 16.9 Å². The molecule has 1 aromatic heterocycles. The number of hydrogen-bond donors (Lipinski definition) is 0. The molecule has 0 saturated heterocycles. The van der Waals surface area contributed by atoms with Gasteiger partial charge in [-0.2, -0.15) is 0 Å². The highest BCUT2D eigenvalue weighted by Gasteiger charge is 2.31. The van der Waals surface area contributed by atoms with E-state index in [0.717, 1.165) is 23.9 Å². The Balaban J connectivity index is 2.02. The van der Waals surface area contributed by atoms with E-state index >= 15 is 0 Å². The minimum absolute atomic E-state index is 0.0471. The fourth-order valence-electron chi connectivity index (χ4n) is 2.79. The average Bonchev–Trinajstić information content (AvgIpc) is 3.16. The number of alkyl halides is 3. The number of halogens is 3. The van der Waals surface area contributed by atoms with Crippen LogP contribution in [0.4, 0.5) is 18.9 Å². The molecule has 0 aliphatic heterocycles. The number of aromatic nitrogens is 2. The van der Waals surface area contributed by atoms with Gasteiger partial charge >= 0.3 is 12.3 Å². The maximum absolute atomic E-state index is 12.5. The van der Waals surface area contributed by atoms with Gasteiger partial charge in [0.25, 0.3) is 5.69 Å². The molecule has 0 unspecified atom stereocenters. The summed E-state index contributed by atoms with van der Waals surface area (Å²) >= 11 is 1.06. The average molecular weight is 467 g/mol. The highest BCUT2D eigenvalue weighted by molar-refractivity contribution is 7.99. The van der Waals surface area contributed by atoms with E-state index in [1.165, 1.54) is 36.5 Å². The summed E-state index contributed by atoms with van der Waals surface area (Å²) in [5, 5.41) is 11.5. The third-order valence-corrected chi connectivity index (χ3v) is 4.96. The van der Waals surface area contributed by atoms with Crippen molar-refractivity contribution in [2.75, 3.05) is 12.4 Å². The summed E-state index contributed by atoms with van der Waals surface area (Å²) in [5.74, 6) is -0.911. The molecule has 0 amide bonds. The molecule has 0 radical (unpaired) electrons. The number of hydrogen-bond acceptors (Lipinski definition) is 7. The van der Waals surface area contributed by atoms with Crippen LogP contribution in [0.5, 0.6) is 5.75 Å². The van der Waals surface area contributed by atoms with Crippen molar-refractivity contribution in [3.63, 3.8) is 0 Å². The van der Waals surface area contributed by atoms with Gasteiger partial charge in [-0.1, -0.05) is 23.9 Å². The number of carbonyl (C=O) groups excluding carboxylic acids is 1. The van der Waals surface area contributed by atoms with E-state index < -0.39 is 23.0 Å². The highest BCUT2D eigenvalue weighted by Crippen LogP contribution is 2.32. The van der Waals surface area contributed by atoms with Crippen molar-refractivity contribution in [2.24, 2.45) is 0 Å². The van der Waals surface area contributed by atoms with Crippen LogP contribution < -0.4 is 4.74 Å². The number of thioether (sulfide) groups is 1. The highest BCUT2D eigenvalue weighted by atomic mass is 32.2. The monoisotopic (exact) mass is 467 g/mol. The molecular weight excluding hydrogens is 451 g/mol. The summed E-state index contributed by atoms with van der Waals surface area (Å²) in [6.07, 6.45) is -3.36. The van der Waals surface area contributed by atoms with Gasteiger partial charge in [-0.3, -0.25) is 19.5 Å². The predicted octanol–water partition coefficient (Wildman–Crippen LogP) is 5.00. The topological polar surface area (TPSA) is 96.5 Å². The minimum Gasteiger partial charge on any atom is -0.465 e. The molecule has 32 heavy (non-hydrogen) atoms. The summed E-state index contributed by atoms with van der Waals surface area (Å²) < 4.78 is 47.8. The zero-order chi connectivity index (χ0) is 23.3. The molecule has 0 bridgehead atoms. The van der Waals surface area contributed by atoms with Crippen LogP contribution in [0.3, 0.4) is 0 Å². The number of esters is 1. The van der Waals surface area contributed by atoms with Crippen molar-refractivity contribution in [3.05, 3.63) is 64.8 Å². The Hall–Kier alpha value is -3.54. The van der Waals surface area contributed by atoms with Crippen LogP contribution in [0.2, 0.25) is 0 Å². The maximum atomic E-state index is 12.5. The largest absolute Gasteiger partial charge is 0.573 e. The number of non-ortho nitro benzene ring substituents is 1. The molecule has 0 spiro atoms. The van der Waals surface area contributed by atoms with Gasteiger partial charge < -0.3 is 9.47 Å². The van der Waals surface area contributed by atoms with Gasteiger partial charge in [0, 0.05) is 23.4 Å². The fraction of sp³-hybridized carbons (Fsp3) is 0.200. The lowest BCUT2D eigenvalue weighted by Gasteiger charge is -2.14. The number of benzene rings is 2. The van der Waals surface area contributed by atoms with Gasteiger partial charge in [-0.15, -0.1) is 13.2 Å². The van der Waals surface area contributed by atoms with E-state index in [0.29, 0.717) is 22.1 Å². The minimum atomic E-state index is -4.83. The lowest BCUT2D eigenvalue weighted by Crippen LogP contribution is -2.17. The molecule has 2 aromatic carbocycles. The van der Waals surface area contributed by atoms with Crippen molar-refractivity contribution in [3.8, 4) is 22.7 Å². The molecule has 3 aromatic rings. The molecule has 8 nitrogen and oxygen atoms in total. The fourth-order valence-corrected chi connectivity index (χ4v) is 3.58. The van der Waals surface area contributed by atoms with Crippen molar-refractivity contribution in [1.82, 2.24) is 9.55 Å². The first-order valence-corrected chi connectivity index (χ1v) is 10.1. The van der Waals surface area contributed by atoms with Gasteiger partial charge in [-0.25, -0.2) is 4.98 Å². The van der Waals surface area contributed by atoms with E-state index in [1.54, 1.807) is 17.6 Å². The standard InChI is InChI=1S/C20H16F3N3O5S/c1-2-30-18(27)12-32-19-24-11-17(13-4-3-5-15(10-13)26(28)29)25(19)14-6-8-16(9-7-14)31-20(21,22)23/h3-11H,2,12H2,1H3. The number of ether oxygens (including phenoxy) is 2. The van der Waals surface area contributed by atoms with E-state index in [1.807, 2.05) is 0 Å². The molecule has 0 fully saturated rings. The third kappa shape index (κ3) is 5.78. The number of nitro groups is 1. The Morgan fingerprint density at radius 3 is 2.56 bits per heavy atom. The summed E-state index contributed by atoms with van der Waals surface area (Å²) in [6.45, 7) is 1.89. The molecule has 0 saturated carbocycles. The zero-order valence-electron chi connectivity index (χ0n) is 16.5. The van der Waals surface area contributed by atoms with E-state index in [9.17, 15) is 28.1 Å². The lowest BCUT2D eigenvalue weighted by atomic mass is 10.1. The molecular formula is C20H16F3N3O5S. The van der Waals surface area contributed by atoms with Crippen LogP contribution in [0, 0.1) is 10.1 Å². The molecule has 0 aliphatic carbocycles. The second-order valence-electron chi connectivity index (χ2n) is 6.20. The molecule has 0 atom stereocenters. The van der Waals surface area contributed by atoms with Crippen LogP contribution in [0.15, 0.2) is 59.9 Å². The Morgan fingerprint density at radius 1 is 1.22 bits per heavy atom. The first-order chi connectivity index (χ1) is 15.2. The van der Waals surface area contributed by atoms with Crippen LogP contribution in [-0.2, 0) is 9.53 Å². The Morgan fingerprint density at radius 2 is 1.94 bits per heavy atom. The molecule has 0 aliphatic rings. The Labute approximate surface area is 184 Å². The summed E-state index contributed by atoms with van der Waals surface area (Å²) in [4.78, 5) is 26.7. The van der Waals surface area contributed by atoms with Crippen LogP contribution in [-0.4, -0.2) is 39.2 Å². The summed E-state index contributed by atoms with van der Waals surface area (Å²) in [5.41, 5.74) is 1.20. The zero-order valence-corrected chi connectivity index (χ0v) is 17.4. The Bertz CT molecular complexity index is 1120.